The Bertz CT molecular complexity index is 603. The topological polar surface area (TPSA) is 50.2 Å². The summed E-state index contributed by atoms with van der Waals surface area (Å²) < 4.78 is 1.89. The van der Waals surface area contributed by atoms with Crippen molar-refractivity contribution in [1.29, 1.82) is 0 Å². The summed E-state index contributed by atoms with van der Waals surface area (Å²) in [5.41, 5.74) is 3.22. The fraction of sp³-hybridized carbons (Fsp3) is 0.412. The molecule has 0 aliphatic rings. The van der Waals surface area contributed by atoms with Crippen LogP contribution in [0.3, 0.4) is 0 Å². The maximum absolute atomic E-state index is 12.1. The van der Waals surface area contributed by atoms with Crippen LogP contribution in [-0.2, 0) is 24.3 Å². The zero-order chi connectivity index (χ0) is 15.9. The summed E-state index contributed by atoms with van der Waals surface area (Å²) in [5.74, 6) is -0.00497. The van der Waals surface area contributed by atoms with Crippen LogP contribution in [0.4, 0.5) is 5.69 Å². The van der Waals surface area contributed by atoms with Gasteiger partial charge >= 0.3 is 0 Å². The molecule has 0 radical (unpaired) electrons. The maximum Gasteiger partial charge on any atom is 0.238 e. The third kappa shape index (κ3) is 4.70. The number of likely N-dealkylation sites (N-methyl/N-ethyl adjacent to an activating group) is 1. The number of aryl methyl sites for hydroxylation is 2. The highest BCUT2D eigenvalue weighted by Crippen LogP contribution is 2.10. The first-order valence-corrected chi connectivity index (χ1v) is 7.69. The Morgan fingerprint density at radius 3 is 2.55 bits per heavy atom. The van der Waals surface area contributed by atoms with Crippen LogP contribution in [0.5, 0.6) is 0 Å². The third-order valence-electron chi connectivity index (χ3n) is 3.52. The zero-order valence-electron chi connectivity index (χ0n) is 13.5. The van der Waals surface area contributed by atoms with Crippen molar-refractivity contribution in [2.24, 2.45) is 0 Å². The third-order valence-corrected chi connectivity index (χ3v) is 3.52. The van der Waals surface area contributed by atoms with Crippen molar-refractivity contribution in [2.75, 3.05) is 18.9 Å². The molecule has 1 heterocycles. The monoisotopic (exact) mass is 300 g/mol. The van der Waals surface area contributed by atoms with Crippen molar-refractivity contribution in [3.8, 4) is 0 Å². The molecule has 0 spiro atoms. The Hall–Kier alpha value is -2.14. The van der Waals surface area contributed by atoms with Gasteiger partial charge in [-0.2, -0.15) is 5.10 Å². The number of nitrogens with zero attached hydrogens (tertiary/aromatic N) is 3. The number of amides is 1. The SMILES string of the molecule is CCc1ccc(NC(=O)CN(C)Cc2cnn(CC)c2)cc1. The molecule has 0 aliphatic carbocycles. The van der Waals surface area contributed by atoms with Gasteiger partial charge in [0.25, 0.3) is 0 Å². The number of rotatable bonds is 7. The second-order valence-electron chi connectivity index (χ2n) is 5.48. The molecular formula is C17H24N4O. The van der Waals surface area contributed by atoms with E-state index in [1.165, 1.54) is 5.56 Å². The smallest absolute Gasteiger partial charge is 0.238 e. The minimum absolute atomic E-state index is 0.00497. The van der Waals surface area contributed by atoms with Crippen LogP contribution < -0.4 is 5.32 Å². The minimum atomic E-state index is -0.00497. The van der Waals surface area contributed by atoms with Crippen molar-refractivity contribution < 1.29 is 4.79 Å². The number of hydrogen-bond donors (Lipinski definition) is 1. The molecule has 5 nitrogen and oxygen atoms in total. The molecule has 0 atom stereocenters. The van der Waals surface area contributed by atoms with Gasteiger partial charge in [0.05, 0.1) is 12.7 Å². The lowest BCUT2D eigenvalue weighted by Crippen LogP contribution is -2.29. The van der Waals surface area contributed by atoms with Crippen LogP contribution in [0.25, 0.3) is 0 Å². The molecule has 0 saturated carbocycles. The molecule has 0 aliphatic heterocycles. The van der Waals surface area contributed by atoms with E-state index in [0.717, 1.165) is 24.2 Å². The first-order chi connectivity index (χ1) is 10.6. The van der Waals surface area contributed by atoms with E-state index in [-0.39, 0.29) is 5.91 Å². The Morgan fingerprint density at radius 2 is 1.95 bits per heavy atom. The van der Waals surface area contributed by atoms with Gasteiger partial charge in [-0.25, -0.2) is 0 Å². The van der Waals surface area contributed by atoms with Crippen molar-refractivity contribution in [1.82, 2.24) is 14.7 Å². The molecule has 22 heavy (non-hydrogen) atoms. The summed E-state index contributed by atoms with van der Waals surface area (Å²) in [7, 11) is 1.93. The second kappa shape index (κ2) is 7.75. The van der Waals surface area contributed by atoms with Gasteiger partial charge in [0.15, 0.2) is 0 Å². The molecule has 0 unspecified atom stereocenters. The van der Waals surface area contributed by atoms with Gasteiger partial charge in [-0.15, -0.1) is 0 Å². The number of nitrogens with one attached hydrogen (secondary N) is 1. The molecule has 118 valence electrons. The van der Waals surface area contributed by atoms with E-state index in [9.17, 15) is 4.79 Å². The average molecular weight is 300 g/mol. The minimum Gasteiger partial charge on any atom is -0.325 e. The number of hydrogen-bond acceptors (Lipinski definition) is 3. The van der Waals surface area contributed by atoms with Gasteiger partial charge in [-0.1, -0.05) is 19.1 Å². The van der Waals surface area contributed by atoms with Crippen LogP contribution in [-0.4, -0.2) is 34.2 Å². The molecule has 0 bridgehead atoms. The van der Waals surface area contributed by atoms with Crippen molar-refractivity contribution in [3.63, 3.8) is 0 Å². The number of carbonyl (C=O) groups is 1. The first kappa shape index (κ1) is 16.2. The van der Waals surface area contributed by atoms with E-state index < -0.39 is 0 Å². The second-order valence-corrected chi connectivity index (χ2v) is 5.48. The van der Waals surface area contributed by atoms with Crippen LogP contribution in [0, 0.1) is 0 Å². The lowest BCUT2D eigenvalue weighted by Gasteiger charge is -2.15. The Labute approximate surface area is 131 Å². The Balaban J connectivity index is 1.82. The lowest BCUT2D eigenvalue weighted by atomic mass is 10.1. The van der Waals surface area contributed by atoms with Crippen molar-refractivity contribution in [3.05, 3.63) is 47.8 Å². The molecule has 0 saturated heterocycles. The molecule has 0 fully saturated rings. The van der Waals surface area contributed by atoms with Crippen molar-refractivity contribution in [2.45, 2.75) is 33.4 Å². The van der Waals surface area contributed by atoms with Crippen molar-refractivity contribution >= 4 is 11.6 Å². The number of benzene rings is 1. The lowest BCUT2D eigenvalue weighted by molar-refractivity contribution is -0.117. The largest absolute Gasteiger partial charge is 0.325 e. The van der Waals surface area contributed by atoms with Gasteiger partial charge in [0, 0.05) is 30.5 Å². The first-order valence-electron chi connectivity index (χ1n) is 7.69. The van der Waals surface area contributed by atoms with Gasteiger partial charge in [-0.3, -0.25) is 14.4 Å². The summed E-state index contributed by atoms with van der Waals surface area (Å²) in [6, 6.07) is 7.97. The summed E-state index contributed by atoms with van der Waals surface area (Å²) in [6.07, 6.45) is 4.86. The molecule has 1 amide bonds. The Morgan fingerprint density at radius 1 is 1.23 bits per heavy atom. The average Bonchev–Trinajstić information content (AvgIpc) is 2.95. The maximum atomic E-state index is 12.1. The predicted molar refractivity (Wildman–Crippen MR) is 88.7 cm³/mol. The van der Waals surface area contributed by atoms with Crippen LogP contribution in [0.15, 0.2) is 36.7 Å². The molecule has 2 rings (SSSR count). The van der Waals surface area contributed by atoms with Gasteiger partial charge < -0.3 is 5.32 Å². The van der Waals surface area contributed by atoms with Crippen LogP contribution in [0.2, 0.25) is 0 Å². The fourth-order valence-electron chi connectivity index (χ4n) is 2.30. The molecule has 1 N–H and O–H groups in total. The highest BCUT2D eigenvalue weighted by molar-refractivity contribution is 5.92. The standard InChI is InChI=1S/C17H24N4O/c1-4-14-6-8-16(9-7-14)19-17(22)13-20(3)11-15-10-18-21(5-2)12-15/h6-10,12H,4-5,11,13H2,1-3H3,(H,19,22). The van der Waals surface area contributed by atoms with Gasteiger partial charge in [0.1, 0.15) is 0 Å². The van der Waals surface area contributed by atoms with E-state index in [0.29, 0.717) is 13.1 Å². The molecular weight excluding hydrogens is 276 g/mol. The van der Waals surface area contributed by atoms with E-state index in [2.05, 4.69) is 24.3 Å². The zero-order valence-corrected chi connectivity index (χ0v) is 13.5. The highest BCUT2D eigenvalue weighted by atomic mass is 16.2. The van der Waals surface area contributed by atoms with Gasteiger partial charge in [0.2, 0.25) is 5.91 Å². The molecule has 2 aromatic rings. The molecule has 1 aromatic heterocycles. The number of anilines is 1. The number of carbonyl (C=O) groups excluding carboxylic acids is 1. The normalized spacial score (nSPS) is 10.9. The molecule has 1 aromatic carbocycles. The number of aromatic nitrogens is 2. The van der Waals surface area contributed by atoms with E-state index >= 15 is 0 Å². The van der Waals surface area contributed by atoms with Crippen LogP contribution >= 0.6 is 0 Å². The molecule has 5 heteroatoms. The summed E-state index contributed by atoms with van der Waals surface area (Å²) in [5, 5.41) is 7.17. The van der Waals surface area contributed by atoms with Crippen LogP contribution in [0.1, 0.15) is 25.0 Å². The fourth-order valence-corrected chi connectivity index (χ4v) is 2.30. The van der Waals surface area contributed by atoms with E-state index in [1.54, 1.807) is 0 Å². The highest BCUT2D eigenvalue weighted by Gasteiger charge is 2.08. The summed E-state index contributed by atoms with van der Waals surface area (Å²) >= 11 is 0. The summed E-state index contributed by atoms with van der Waals surface area (Å²) in [4.78, 5) is 14.0. The Kier molecular flexibility index (Phi) is 5.72. The van der Waals surface area contributed by atoms with E-state index in [4.69, 9.17) is 0 Å². The predicted octanol–water partition coefficient (Wildman–Crippen LogP) is 2.54. The van der Waals surface area contributed by atoms with E-state index in [1.807, 2.05) is 53.3 Å². The van der Waals surface area contributed by atoms with Gasteiger partial charge in [-0.05, 0) is 38.1 Å². The summed E-state index contributed by atoms with van der Waals surface area (Å²) in [6.45, 7) is 6.09. The quantitative estimate of drug-likeness (QED) is 0.855.